The van der Waals surface area contributed by atoms with E-state index in [1.165, 1.54) is 11.8 Å². The summed E-state index contributed by atoms with van der Waals surface area (Å²) >= 11 is 1.50. The molecule has 0 atom stereocenters. The van der Waals surface area contributed by atoms with Crippen LogP contribution in [-0.2, 0) is 6.42 Å². The number of rotatable bonds is 4. The van der Waals surface area contributed by atoms with Crippen LogP contribution in [0.3, 0.4) is 0 Å². The van der Waals surface area contributed by atoms with E-state index in [9.17, 15) is 0 Å². The summed E-state index contributed by atoms with van der Waals surface area (Å²) in [4.78, 5) is 13.6. The predicted octanol–water partition coefficient (Wildman–Crippen LogP) is 2.39. The molecule has 0 aromatic carbocycles. The Bertz CT molecular complexity index is 761. The van der Waals surface area contributed by atoms with Gasteiger partial charge in [0.1, 0.15) is 10.7 Å². The molecule has 0 spiro atoms. The van der Waals surface area contributed by atoms with Crippen molar-refractivity contribution in [3.8, 4) is 0 Å². The minimum absolute atomic E-state index is 0.587. The maximum absolute atomic E-state index is 5.74. The van der Waals surface area contributed by atoms with Gasteiger partial charge in [0.05, 0.1) is 5.69 Å². The fraction of sp³-hybridized carbons (Fsp3) is 0.267. The van der Waals surface area contributed by atoms with Crippen LogP contribution in [-0.4, -0.2) is 25.9 Å². The summed E-state index contributed by atoms with van der Waals surface area (Å²) in [6.45, 7) is 4.54. The Morgan fingerprint density at radius 3 is 2.62 bits per heavy atom. The van der Waals surface area contributed by atoms with Gasteiger partial charge in [-0.25, -0.2) is 15.0 Å². The van der Waals surface area contributed by atoms with Crippen LogP contribution < -0.4 is 5.73 Å². The van der Waals surface area contributed by atoms with Gasteiger partial charge in [-0.05, 0) is 50.4 Å². The number of nitrogens with two attached hydrogens (primary N) is 1. The van der Waals surface area contributed by atoms with Gasteiger partial charge in [-0.15, -0.1) is 0 Å². The molecule has 0 saturated heterocycles. The summed E-state index contributed by atoms with van der Waals surface area (Å²) in [7, 11) is 0. The first-order chi connectivity index (χ1) is 10.2. The zero-order valence-corrected chi connectivity index (χ0v) is 12.9. The molecule has 2 N–H and O–H groups in total. The van der Waals surface area contributed by atoms with Crippen LogP contribution >= 0.6 is 11.8 Å². The van der Waals surface area contributed by atoms with Crippen molar-refractivity contribution >= 4 is 17.4 Å². The summed E-state index contributed by atoms with van der Waals surface area (Å²) in [5, 5.41) is 1.66. The minimum atomic E-state index is 0.587. The van der Waals surface area contributed by atoms with Crippen molar-refractivity contribution in [3.05, 3.63) is 47.5 Å². The van der Waals surface area contributed by atoms with E-state index in [1.807, 2.05) is 44.3 Å². The van der Waals surface area contributed by atoms with Crippen molar-refractivity contribution in [2.45, 2.75) is 30.5 Å². The molecule has 0 aliphatic heterocycles. The summed E-state index contributed by atoms with van der Waals surface area (Å²) in [6.07, 6.45) is 2.79. The van der Waals surface area contributed by atoms with Gasteiger partial charge in [-0.2, -0.15) is 0 Å². The Labute approximate surface area is 127 Å². The largest absolute Gasteiger partial charge is 0.330 e. The number of aromatic nitrogens is 4. The van der Waals surface area contributed by atoms with E-state index >= 15 is 0 Å². The van der Waals surface area contributed by atoms with Gasteiger partial charge in [-0.1, -0.05) is 6.07 Å². The van der Waals surface area contributed by atoms with Crippen molar-refractivity contribution < 1.29 is 0 Å². The van der Waals surface area contributed by atoms with Crippen molar-refractivity contribution in [3.63, 3.8) is 0 Å². The van der Waals surface area contributed by atoms with Crippen molar-refractivity contribution in [2.24, 2.45) is 5.73 Å². The van der Waals surface area contributed by atoms with Gasteiger partial charge in [0.25, 0.3) is 0 Å². The molecule has 0 bridgehead atoms. The van der Waals surface area contributed by atoms with E-state index in [1.54, 1.807) is 0 Å². The molecule has 5 nitrogen and oxygen atoms in total. The quantitative estimate of drug-likeness (QED) is 0.749. The van der Waals surface area contributed by atoms with Crippen LogP contribution in [0.4, 0.5) is 0 Å². The van der Waals surface area contributed by atoms with E-state index in [4.69, 9.17) is 5.73 Å². The molecule has 0 aliphatic rings. The van der Waals surface area contributed by atoms with Crippen molar-refractivity contribution in [1.29, 1.82) is 0 Å². The monoisotopic (exact) mass is 299 g/mol. The molecular weight excluding hydrogens is 282 g/mol. The third-order valence-corrected chi connectivity index (χ3v) is 4.01. The SMILES string of the molecule is Cc1cc(C)nc(Sc2nc3ccccn3c2CCN)n1. The average Bonchev–Trinajstić information content (AvgIpc) is 2.76. The summed E-state index contributed by atoms with van der Waals surface area (Å²) in [6, 6.07) is 7.94. The van der Waals surface area contributed by atoms with Gasteiger partial charge >= 0.3 is 0 Å². The number of hydrogen-bond donors (Lipinski definition) is 1. The second kappa shape index (κ2) is 5.83. The lowest BCUT2D eigenvalue weighted by atomic mass is 10.3. The first-order valence-corrected chi connectivity index (χ1v) is 7.65. The van der Waals surface area contributed by atoms with Crippen LogP contribution in [0, 0.1) is 13.8 Å². The Morgan fingerprint density at radius 1 is 1.14 bits per heavy atom. The van der Waals surface area contributed by atoms with Gasteiger partial charge in [0.2, 0.25) is 0 Å². The van der Waals surface area contributed by atoms with Gasteiger partial charge in [0, 0.05) is 24.0 Å². The molecular formula is C15H17N5S. The minimum Gasteiger partial charge on any atom is -0.330 e. The van der Waals surface area contributed by atoms with Gasteiger partial charge < -0.3 is 10.1 Å². The molecule has 0 radical (unpaired) electrons. The fourth-order valence-corrected chi connectivity index (χ4v) is 3.31. The molecule has 6 heteroatoms. The third kappa shape index (κ3) is 2.91. The van der Waals surface area contributed by atoms with E-state index in [2.05, 4.69) is 19.4 Å². The van der Waals surface area contributed by atoms with Crippen LogP contribution in [0.15, 0.2) is 40.6 Å². The number of nitrogens with zero attached hydrogens (tertiary/aromatic N) is 4. The first kappa shape index (κ1) is 14.0. The second-order valence-electron chi connectivity index (χ2n) is 4.87. The maximum Gasteiger partial charge on any atom is 0.194 e. The number of hydrogen-bond acceptors (Lipinski definition) is 5. The molecule has 3 rings (SSSR count). The number of pyridine rings is 1. The summed E-state index contributed by atoms with van der Waals surface area (Å²) in [5.41, 5.74) is 9.71. The lowest BCUT2D eigenvalue weighted by Gasteiger charge is -2.04. The van der Waals surface area contributed by atoms with E-state index in [-0.39, 0.29) is 0 Å². The lowest BCUT2D eigenvalue weighted by molar-refractivity contribution is 0.867. The molecule has 0 saturated carbocycles. The van der Waals surface area contributed by atoms with E-state index in [0.29, 0.717) is 6.54 Å². The Hall–Kier alpha value is -1.92. The van der Waals surface area contributed by atoms with Crippen molar-refractivity contribution in [1.82, 2.24) is 19.4 Å². The maximum atomic E-state index is 5.74. The number of imidazole rings is 1. The van der Waals surface area contributed by atoms with Crippen LogP contribution in [0.25, 0.3) is 5.65 Å². The first-order valence-electron chi connectivity index (χ1n) is 6.83. The van der Waals surface area contributed by atoms with Crippen LogP contribution in [0.1, 0.15) is 17.1 Å². The van der Waals surface area contributed by atoms with E-state index in [0.717, 1.165) is 39.3 Å². The Kier molecular flexibility index (Phi) is 3.90. The highest BCUT2D eigenvalue weighted by Gasteiger charge is 2.14. The lowest BCUT2D eigenvalue weighted by Crippen LogP contribution is -2.06. The van der Waals surface area contributed by atoms with Crippen LogP contribution in [0.5, 0.6) is 0 Å². The van der Waals surface area contributed by atoms with Gasteiger partial charge in [0.15, 0.2) is 5.16 Å². The second-order valence-corrected chi connectivity index (χ2v) is 5.82. The number of aryl methyl sites for hydroxylation is 2. The Balaban J connectivity index is 2.04. The average molecular weight is 299 g/mol. The molecule has 0 unspecified atom stereocenters. The normalized spacial score (nSPS) is 11.2. The summed E-state index contributed by atoms with van der Waals surface area (Å²) < 4.78 is 2.08. The molecule has 3 heterocycles. The van der Waals surface area contributed by atoms with Gasteiger partial charge in [-0.3, -0.25) is 0 Å². The zero-order chi connectivity index (χ0) is 14.8. The smallest absolute Gasteiger partial charge is 0.194 e. The zero-order valence-electron chi connectivity index (χ0n) is 12.1. The number of fused-ring (bicyclic) bond motifs is 1. The Morgan fingerprint density at radius 2 is 1.90 bits per heavy atom. The standard InChI is InChI=1S/C15H17N5S/c1-10-9-11(2)18-15(17-10)21-14-12(6-7-16)20-8-4-3-5-13(20)19-14/h3-5,8-9H,6-7,16H2,1-2H3. The highest BCUT2D eigenvalue weighted by molar-refractivity contribution is 7.99. The molecule has 108 valence electrons. The predicted molar refractivity (Wildman–Crippen MR) is 83.6 cm³/mol. The van der Waals surface area contributed by atoms with E-state index < -0.39 is 0 Å². The molecule has 21 heavy (non-hydrogen) atoms. The highest BCUT2D eigenvalue weighted by Crippen LogP contribution is 2.28. The molecule has 0 aliphatic carbocycles. The third-order valence-electron chi connectivity index (χ3n) is 3.12. The highest BCUT2D eigenvalue weighted by atomic mass is 32.2. The molecule has 3 aromatic heterocycles. The molecule has 0 amide bonds. The topological polar surface area (TPSA) is 69.1 Å². The van der Waals surface area contributed by atoms with Crippen LogP contribution in [0.2, 0.25) is 0 Å². The fourth-order valence-electron chi connectivity index (χ4n) is 2.30. The molecule has 0 fully saturated rings. The summed E-state index contributed by atoms with van der Waals surface area (Å²) in [5.74, 6) is 0. The molecule has 3 aromatic rings. The van der Waals surface area contributed by atoms with Crippen molar-refractivity contribution in [2.75, 3.05) is 6.54 Å².